The number of aliphatic hydroxyl groups excluding tert-OH is 1. The first kappa shape index (κ1) is 18.4. The van der Waals surface area contributed by atoms with Gasteiger partial charge >= 0.3 is 12.1 Å². The summed E-state index contributed by atoms with van der Waals surface area (Å²) in [6.45, 7) is 2.49. The topological polar surface area (TPSA) is 79.2 Å². The molecule has 1 saturated heterocycles. The first-order chi connectivity index (χ1) is 12.7. The van der Waals surface area contributed by atoms with Gasteiger partial charge in [-0.1, -0.05) is 0 Å². The second-order valence-corrected chi connectivity index (χ2v) is 7.49. The van der Waals surface area contributed by atoms with Crippen LogP contribution in [0.1, 0.15) is 36.8 Å². The predicted molar refractivity (Wildman–Crippen MR) is 86.6 cm³/mol. The van der Waals surface area contributed by atoms with Crippen LogP contribution < -0.4 is 9.47 Å². The fourth-order valence-corrected chi connectivity index (χ4v) is 4.92. The van der Waals surface area contributed by atoms with E-state index >= 15 is 0 Å². The number of aliphatic carboxylic acids is 1. The number of rotatable bonds is 0. The molecule has 2 N–H and O–H groups in total. The van der Waals surface area contributed by atoms with Crippen molar-refractivity contribution >= 4 is 5.97 Å². The van der Waals surface area contributed by atoms with Gasteiger partial charge in [0, 0.05) is 18.0 Å². The minimum atomic E-state index is -5.08. The van der Waals surface area contributed by atoms with Crippen LogP contribution in [0, 0.1) is 0 Å². The van der Waals surface area contributed by atoms with E-state index in [1.807, 2.05) is 0 Å². The molecule has 4 atom stereocenters. The number of alkyl halides is 3. The lowest BCUT2D eigenvalue weighted by molar-refractivity contribution is -0.192. The highest BCUT2D eigenvalue weighted by Crippen LogP contribution is 2.55. The third-order valence-corrected chi connectivity index (χ3v) is 6.09. The maximum absolute atomic E-state index is 10.6. The fourth-order valence-electron chi connectivity index (χ4n) is 4.92. The van der Waals surface area contributed by atoms with E-state index in [9.17, 15) is 18.3 Å². The van der Waals surface area contributed by atoms with Gasteiger partial charge in [-0.05, 0) is 55.5 Å². The molecule has 1 unspecified atom stereocenters. The molecule has 2 fully saturated rings. The molecular weight excluding hydrogens is 367 g/mol. The van der Waals surface area contributed by atoms with Gasteiger partial charge in [0.1, 0.15) is 0 Å². The number of hydrogen-bond acceptors (Lipinski definition) is 5. The largest absolute Gasteiger partial charge is 0.490 e. The number of hydrogen-bond donors (Lipinski definition) is 2. The Balaban J connectivity index is 0.000000224. The van der Waals surface area contributed by atoms with Crippen LogP contribution in [-0.4, -0.2) is 52.7 Å². The second kappa shape index (κ2) is 6.27. The Hall–Kier alpha value is -2.00. The lowest BCUT2D eigenvalue weighted by atomic mass is 9.63. The quantitative estimate of drug-likeness (QED) is 0.712. The van der Waals surface area contributed by atoms with Crippen molar-refractivity contribution in [3.63, 3.8) is 0 Å². The molecule has 0 radical (unpaired) electrons. The third-order valence-electron chi connectivity index (χ3n) is 6.09. The summed E-state index contributed by atoms with van der Waals surface area (Å²) < 4.78 is 42.8. The number of ether oxygens (including phenoxy) is 2. The summed E-state index contributed by atoms with van der Waals surface area (Å²) in [4.78, 5) is 11.5. The van der Waals surface area contributed by atoms with Crippen molar-refractivity contribution in [1.82, 2.24) is 4.90 Å². The SMILES string of the molecule is O=C(O)C(F)(F)F.O[C@@H]1CC[C@]23CCN(Cc4cc5c(cc42)OCO5)[C@H]3C1. The van der Waals surface area contributed by atoms with Crippen LogP contribution in [0.5, 0.6) is 11.5 Å². The number of nitrogens with zero attached hydrogens (tertiary/aromatic N) is 1. The van der Waals surface area contributed by atoms with Crippen LogP contribution in [0.25, 0.3) is 0 Å². The summed E-state index contributed by atoms with van der Waals surface area (Å²) in [6, 6.07) is 4.92. The molecule has 0 amide bonds. The maximum atomic E-state index is 10.6. The summed E-state index contributed by atoms with van der Waals surface area (Å²) >= 11 is 0. The zero-order valence-corrected chi connectivity index (χ0v) is 14.5. The Kier molecular flexibility index (Phi) is 4.27. The number of carboxylic acid groups (broad SMARTS) is 1. The highest BCUT2D eigenvalue weighted by atomic mass is 19.4. The van der Waals surface area contributed by atoms with Gasteiger partial charge in [0.15, 0.2) is 11.5 Å². The molecule has 27 heavy (non-hydrogen) atoms. The molecular formula is C18H20F3NO5. The van der Waals surface area contributed by atoms with E-state index in [4.69, 9.17) is 19.4 Å². The predicted octanol–water partition coefficient (Wildman–Crippen LogP) is 2.42. The summed E-state index contributed by atoms with van der Waals surface area (Å²) in [5, 5.41) is 17.2. The molecule has 6 nitrogen and oxygen atoms in total. The first-order valence-electron chi connectivity index (χ1n) is 8.86. The van der Waals surface area contributed by atoms with E-state index in [0.717, 1.165) is 43.9 Å². The summed E-state index contributed by atoms with van der Waals surface area (Å²) in [7, 11) is 0. The van der Waals surface area contributed by atoms with Gasteiger partial charge in [0.25, 0.3) is 0 Å². The fraction of sp³-hybridized carbons (Fsp3) is 0.611. The van der Waals surface area contributed by atoms with Crippen molar-refractivity contribution in [2.45, 2.75) is 56.0 Å². The van der Waals surface area contributed by atoms with Crippen LogP contribution in [-0.2, 0) is 16.8 Å². The van der Waals surface area contributed by atoms with E-state index in [-0.39, 0.29) is 11.5 Å². The van der Waals surface area contributed by atoms with Crippen LogP contribution >= 0.6 is 0 Å². The number of aliphatic hydroxyl groups is 1. The van der Waals surface area contributed by atoms with Crippen molar-refractivity contribution in [2.75, 3.05) is 13.3 Å². The van der Waals surface area contributed by atoms with Crippen LogP contribution in [0.4, 0.5) is 13.2 Å². The number of benzene rings is 1. The number of carboxylic acids is 1. The van der Waals surface area contributed by atoms with Gasteiger partial charge in [-0.2, -0.15) is 13.2 Å². The Morgan fingerprint density at radius 1 is 1.22 bits per heavy atom. The molecule has 1 aliphatic carbocycles. The first-order valence-corrected chi connectivity index (χ1v) is 8.86. The van der Waals surface area contributed by atoms with Crippen molar-refractivity contribution < 1.29 is 37.7 Å². The van der Waals surface area contributed by atoms with Crippen molar-refractivity contribution in [2.24, 2.45) is 0 Å². The molecule has 0 spiro atoms. The van der Waals surface area contributed by atoms with Crippen LogP contribution in [0.3, 0.4) is 0 Å². The Labute approximate surface area is 153 Å². The Bertz CT molecular complexity index is 768. The molecule has 1 aromatic rings. The molecule has 2 bridgehead atoms. The van der Waals surface area contributed by atoms with Crippen molar-refractivity contribution in [3.05, 3.63) is 23.3 Å². The zero-order valence-electron chi connectivity index (χ0n) is 14.5. The normalized spacial score (nSPS) is 32.8. The molecule has 3 heterocycles. The molecule has 5 rings (SSSR count). The summed E-state index contributed by atoms with van der Waals surface area (Å²) in [5.74, 6) is -0.953. The highest BCUT2D eigenvalue weighted by molar-refractivity contribution is 5.73. The Morgan fingerprint density at radius 3 is 2.56 bits per heavy atom. The minimum absolute atomic E-state index is 0.121. The third kappa shape index (κ3) is 3.02. The van der Waals surface area contributed by atoms with Crippen LogP contribution in [0.2, 0.25) is 0 Å². The average molecular weight is 387 g/mol. The van der Waals surface area contributed by atoms with E-state index in [1.54, 1.807) is 0 Å². The van der Waals surface area contributed by atoms with Crippen LogP contribution in [0.15, 0.2) is 12.1 Å². The smallest absolute Gasteiger partial charge is 0.475 e. The Morgan fingerprint density at radius 2 is 1.89 bits per heavy atom. The van der Waals surface area contributed by atoms with E-state index in [0.29, 0.717) is 12.8 Å². The van der Waals surface area contributed by atoms with Gasteiger partial charge in [-0.25, -0.2) is 4.79 Å². The standard InChI is InChI=1S/C16H19NO3.C2HF3O2/c18-11-1-2-16-3-4-17(15(16)6-11)8-10-5-13-14(7-12(10)16)20-9-19-13;3-2(4,5)1(6)7/h5,7,11,15,18H,1-4,6,8-9H2;(H,6,7)/t11-,15+,16+;/m1./s1. The van der Waals surface area contributed by atoms with Crippen molar-refractivity contribution in [1.29, 1.82) is 0 Å². The van der Waals surface area contributed by atoms with E-state index < -0.39 is 12.1 Å². The summed E-state index contributed by atoms with van der Waals surface area (Å²) in [5.41, 5.74) is 3.11. The number of carbonyl (C=O) groups is 1. The molecule has 1 aromatic carbocycles. The monoisotopic (exact) mass is 387 g/mol. The molecule has 9 heteroatoms. The van der Waals surface area contributed by atoms with Gasteiger partial charge in [-0.3, -0.25) is 4.90 Å². The highest BCUT2D eigenvalue weighted by Gasteiger charge is 2.54. The molecule has 0 aromatic heterocycles. The number of halogens is 3. The second-order valence-electron chi connectivity index (χ2n) is 7.49. The maximum Gasteiger partial charge on any atom is 0.490 e. The van der Waals surface area contributed by atoms with E-state index in [1.165, 1.54) is 17.5 Å². The van der Waals surface area contributed by atoms with Gasteiger partial charge in [0.2, 0.25) is 6.79 Å². The lowest BCUT2D eigenvalue weighted by Crippen LogP contribution is -2.51. The zero-order chi connectivity index (χ0) is 19.4. The lowest BCUT2D eigenvalue weighted by Gasteiger charge is -2.48. The summed E-state index contributed by atoms with van der Waals surface area (Å²) in [6.07, 6.45) is -1.03. The number of fused-ring (bicyclic) bond motifs is 2. The molecule has 4 aliphatic rings. The molecule has 3 aliphatic heterocycles. The van der Waals surface area contributed by atoms with Gasteiger partial charge < -0.3 is 19.7 Å². The van der Waals surface area contributed by atoms with Gasteiger partial charge in [-0.15, -0.1) is 0 Å². The van der Waals surface area contributed by atoms with E-state index in [2.05, 4.69) is 17.0 Å². The average Bonchev–Trinajstić information content (AvgIpc) is 3.15. The van der Waals surface area contributed by atoms with Gasteiger partial charge in [0.05, 0.1) is 6.10 Å². The minimum Gasteiger partial charge on any atom is -0.475 e. The molecule has 148 valence electrons. The van der Waals surface area contributed by atoms with Crippen molar-refractivity contribution in [3.8, 4) is 11.5 Å². The molecule has 1 saturated carbocycles.